The maximum atomic E-state index is 14.7. The van der Waals surface area contributed by atoms with Gasteiger partial charge in [-0.2, -0.15) is 0 Å². The molecule has 2 fully saturated rings. The van der Waals surface area contributed by atoms with Gasteiger partial charge in [-0.3, -0.25) is 24.7 Å². The number of carbonyl (C=O) groups is 3. The quantitative estimate of drug-likeness (QED) is 0.636. The van der Waals surface area contributed by atoms with E-state index in [1.807, 2.05) is 4.90 Å². The van der Waals surface area contributed by atoms with Crippen molar-refractivity contribution in [2.75, 3.05) is 31.1 Å². The van der Waals surface area contributed by atoms with Crippen molar-refractivity contribution in [3.63, 3.8) is 0 Å². The van der Waals surface area contributed by atoms with Crippen LogP contribution in [0.15, 0.2) is 35.5 Å². The fraction of sp³-hybridized carbons (Fsp3) is 0.400. The first-order chi connectivity index (χ1) is 16.6. The predicted octanol–water partition coefficient (Wildman–Crippen LogP) is 4.08. The number of anilines is 1. The summed E-state index contributed by atoms with van der Waals surface area (Å²) < 4.78 is 14.7. The van der Waals surface area contributed by atoms with Crippen molar-refractivity contribution in [1.82, 2.24) is 20.2 Å². The summed E-state index contributed by atoms with van der Waals surface area (Å²) in [4.78, 5) is 49.1. The number of aromatic nitrogens is 2. The minimum atomic E-state index is -0.469. The van der Waals surface area contributed by atoms with E-state index in [2.05, 4.69) is 41.0 Å². The van der Waals surface area contributed by atoms with Gasteiger partial charge in [0.05, 0.1) is 23.0 Å². The molecule has 4 rings (SSSR count). The molecule has 3 amide bonds. The number of nitrogens with zero attached hydrogens (tertiary/aromatic N) is 4. The molecule has 0 bridgehead atoms. The molecule has 35 heavy (non-hydrogen) atoms. The van der Waals surface area contributed by atoms with Gasteiger partial charge >= 0.3 is 0 Å². The number of carbonyl (C=O) groups excluding carboxylic acids is 3. The Labute approximate surface area is 208 Å². The fourth-order valence-corrected chi connectivity index (χ4v) is 4.68. The number of nitrogens with one attached hydrogen (secondary N) is 1. The summed E-state index contributed by atoms with van der Waals surface area (Å²) in [7, 11) is 0. The van der Waals surface area contributed by atoms with E-state index in [4.69, 9.17) is 0 Å². The molecule has 2 aromatic rings. The first-order valence-electron chi connectivity index (χ1n) is 11.5. The van der Waals surface area contributed by atoms with Crippen LogP contribution in [0, 0.1) is 11.2 Å². The van der Waals surface area contributed by atoms with Crippen molar-refractivity contribution in [3.05, 3.63) is 46.9 Å². The van der Waals surface area contributed by atoms with E-state index in [1.54, 1.807) is 18.3 Å². The van der Waals surface area contributed by atoms with E-state index in [-0.39, 0.29) is 21.8 Å². The van der Waals surface area contributed by atoms with E-state index in [0.717, 1.165) is 18.2 Å². The SMILES string of the molecule is CC(C)(C)CC(=O)N1CCCN(c2cncc(-c3cc(/C=C4/SC(=O)NC4=O)ccc3F)n2)CC1. The third-order valence-electron chi connectivity index (χ3n) is 5.68. The molecule has 0 radical (unpaired) electrons. The molecule has 0 aliphatic carbocycles. The zero-order valence-corrected chi connectivity index (χ0v) is 20.8. The second kappa shape index (κ2) is 10.2. The highest BCUT2D eigenvalue weighted by atomic mass is 32.2. The second-order valence-corrected chi connectivity index (χ2v) is 10.8. The molecule has 184 valence electrons. The maximum absolute atomic E-state index is 14.7. The lowest BCUT2D eigenvalue weighted by Gasteiger charge is -2.26. The first-order valence-corrected chi connectivity index (χ1v) is 12.3. The standard InChI is InChI=1S/C25H28FN5O3S/c1-25(2,3)13-22(32)31-8-4-7-30(9-10-31)21-15-27-14-19(28-21)17-11-16(5-6-18(17)26)12-20-23(33)29-24(34)35-20/h5-6,11-12,14-15H,4,7-10,13H2,1-3H3,(H,29,33,34)/b20-12+. The van der Waals surface area contributed by atoms with Gasteiger partial charge in [0, 0.05) is 38.2 Å². The van der Waals surface area contributed by atoms with Gasteiger partial charge in [0.15, 0.2) is 0 Å². The Bertz CT molecular complexity index is 1190. The molecule has 1 aromatic carbocycles. The Balaban J connectivity index is 1.53. The zero-order chi connectivity index (χ0) is 25.2. The molecule has 2 aliphatic rings. The van der Waals surface area contributed by atoms with Gasteiger partial charge in [-0.15, -0.1) is 0 Å². The number of hydrogen-bond acceptors (Lipinski definition) is 7. The number of halogens is 1. The van der Waals surface area contributed by atoms with Gasteiger partial charge in [0.2, 0.25) is 5.91 Å². The summed E-state index contributed by atoms with van der Waals surface area (Å²) in [5.74, 6) is -0.160. The van der Waals surface area contributed by atoms with E-state index in [1.165, 1.54) is 18.3 Å². The smallest absolute Gasteiger partial charge is 0.290 e. The van der Waals surface area contributed by atoms with E-state index >= 15 is 0 Å². The largest absolute Gasteiger partial charge is 0.353 e. The molecule has 3 heterocycles. The fourth-order valence-electron chi connectivity index (χ4n) is 4.00. The Morgan fingerprint density at radius 1 is 1.17 bits per heavy atom. The minimum absolute atomic E-state index is 0.0623. The molecule has 1 N–H and O–H groups in total. The predicted molar refractivity (Wildman–Crippen MR) is 134 cm³/mol. The Kier molecular flexibility index (Phi) is 7.20. The monoisotopic (exact) mass is 497 g/mol. The molecule has 0 unspecified atom stereocenters. The average Bonchev–Trinajstić information content (AvgIpc) is 2.98. The van der Waals surface area contributed by atoms with Crippen LogP contribution in [0.3, 0.4) is 0 Å². The maximum Gasteiger partial charge on any atom is 0.290 e. The Morgan fingerprint density at radius 2 is 1.97 bits per heavy atom. The van der Waals surface area contributed by atoms with Crippen LogP contribution in [-0.4, -0.2) is 58.1 Å². The lowest BCUT2D eigenvalue weighted by molar-refractivity contribution is -0.132. The van der Waals surface area contributed by atoms with Gasteiger partial charge in [0.25, 0.3) is 11.1 Å². The summed E-state index contributed by atoms with van der Waals surface area (Å²) in [6.45, 7) is 8.79. The van der Waals surface area contributed by atoms with Crippen LogP contribution in [0.25, 0.3) is 17.3 Å². The van der Waals surface area contributed by atoms with E-state index in [0.29, 0.717) is 49.7 Å². The summed E-state index contributed by atoms with van der Waals surface area (Å²) in [6.07, 6.45) is 5.99. The highest BCUT2D eigenvalue weighted by Crippen LogP contribution is 2.29. The van der Waals surface area contributed by atoms with Crippen LogP contribution < -0.4 is 10.2 Å². The Hall–Kier alpha value is -3.27. The van der Waals surface area contributed by atoms with Crippen LogP contribution in [0.2, 0.25) is 0 Å². The lowest BCUT2D eigenvalue weighted by atomic mass is 9.91. The lowest BCUT2D eigenvalue weighted by Crippen LogP contribution is -2.37. The summed E-state index contributed by atoms with van der Waals surface area (Å²) in [6, 6.07) is 4.43. The van der Waals surface area contributed by atoms with Crippen LogP contribution in [-0.2, 0) is 9.59 Å². The first kappa shape index (κ1) is 24.8. The van der Waals surface area contributed by atoms with Gasteiger partial charge in [-0.1, -0.05) is 26.8 Å². The minimum Gasteiger partial charge on any atom is -0.353 e. The van der Waals surface area contributed by atoms with Gasteiger partial charge in [-0.25, -0.2) is 9.37 Å². The highest BCUT2D eigenvalue weighted by molar-refractivity contribution is 8.18. The molecule has 0 spiro atoms. The second-order valence-electron chi connectivity index (χ2n) is 9.81. The van der Waals surface area contributed by atoms with E-state index in [9.17, 15) is 18.8 Å². The average molecular weight is 498 g/mol. The molecular weight excluding hydrogens is 469 g/mol. The molecule has 0 atom stereocenters. The molecule has 8 nitrogen and oxygen atoms in total. The van der Waals surface area contributed by atoms with Crippen molar-refractivity contribution in [3.8, 4) is 11.3 Å². The van der Waals surface area contributed by atoms with Crippen LogP contribution >= 0.6 is 11.8 Å². The van der Waals surface area contributed by atoms with Crippen molar-refractivity contribution >= 4 is 40.7 Å². The highest BCUT2D eigenvalue weighted by Gasteiger charge is 2.26. The molecule has 2 aliphatic heterocycles. The van der Waals surface area contributed by atoms with Crippen LogP contribution in [0.5, 0.6) is 0 Å². The van der Waals surface area contributed by atoms with E-state index < -0.39 is 17.0 Å². The number of imide groups is 1. The molecule has 1 aromatic heterocycles. The number of benzene rings is 1. The number of hydrogen-bond donors (Lipinski definition) is 1. The normalized spacial score (nSPS) is 18.1. The Morgan fingerprint density at radius 3 is 2.69 bits per heavy atom. The molecule has 0 saturated carbocycles. The summed E-state index contributed by atoms with van der Waals surface area (Å²) >= 11 is 0.808. The molecule has 10 heteroatoms. The third kappa shape index (κ3) is 6.25. The van der Waals surface area contributed by atoms with Crippen LogP contribution in [0.4, 0.5) is 15.0 Å². The topological polar surface area (TPSA) is 95.5 Å². The molecule has 2 saturated heterocycles. The number of amides is 3. The zero-order valence-electron chi connectivity index (χ0n) is 20.0. The van der Waals surface area contributed by atoms with Crippen molar-refractivity contribution in [1.29, 1.82) is 0 Å². The molecular formula is C25H28FN5O3S. The number of thioether (sulfide) groups is 1. The van der Waals surface area contributed by atoms with Crippen LogP contribution in [0.1, 0.15) is 39.2 Å². The van der Waals surface area contributed by atoms with Crippen molar-refractivity contribution in [2.24, 2.45) is 5.41 Å². The van der Waals surface area contributed by atoms with Crippen molar-refractivity contribution < 1.29 is 18.8 Å². The van der Waals surface area contributed by atoms with Gasteiger partial charge in [-0.05, 0) is 47.4 Å². The third-order valence-corrected chi connectivity index (χ3v) is 6.49. The number of rotatable bonds is 4. The summed E-state index contributed by atoms with van der Waals surface area (Å²) in [5.41, 5.74) is 1.13. The van der Waals surface area contributed by atoms with Crippen molar-refractivity contribution in [2.45, 2.75) is 33.6 Å². The van der Waals surface area contributed by atoms with Gasteiger partial charge in [0.1, 0.15) is 11.6 Å². The summed E-state index contributed by atoms with van der Waals surface area (Å²) in [5, 5.41) is 1.77. The van der Waals surface area contributed by atoms with Gasteiger partial charge < -0.3 is 9.80 Å².